The molecule has 1 N–H and O–H groups in total. The number of hydrogen-bond acceptors (Lipinski definition) is 5. The predicted molar refractivity (Wildman–Crippen MR) is 114 cm³/mol. The maximum absolute atomic E-state index is 13.0. The zero-order chi connectivity index (χ0) is 20.7. The Morgan fingerprint density at radius 2 is 1.97 bits per heavy atom. The Kier molecular flexibility index (Phi) is 4.71. The number of hydrogen-bond donors (Lipinski definition) is 1. The van der Waals surface area contributed by atoms with Crippen LogP contribution in [0.4, 0.5) is 5.69 Å². The van der Waals surface area contributed by atoms with Crippen LogP contribution in [0.1, 0.15) is 38.2 Å². The van der Waals surface area contributed by atoms with Crippen molar-refractivity contribution in [3.63, 3.8) is 0 Å². The maximum atomic E-state index is 13.0. The van der Waals surface area contributed by atoms with Gasteiger partial charge in [0, 0.05) is 37.4 Å². The van der Waals surface area contributed by atoms with E-state index in [1.165, 1.54) is 11.3 Å². The van der Waals surface area contributed by atoms with Crippen molar-refractivity contribution in [2.45, 2.75) is 18.9 Å². The highest BCUT2D eigenvalue weighted by atomic mass is 32.1. The van der Waals surface area contributed by atoms with E-state index in [4.69, 9.17) is 0 Å². The van der Waals surface area contributed by atoms with Gasteiger partial charge < -0.3 is 14.8 Å². The first-order valence-corrected chi connectivity index (χ1v) is 10.8. The van der Waals surface area contributed by atoms with Crippen molar-refractivity contribution in [2.24, 2.45) is 5.92 Å². The summed E-state index contributed by atoms with van der Waals surface area (Å²) in [6, 6.07) is 12.4. The van der Waals surface area contributed by atoms with Crippen molar-refractivity contribution in [3.05, 3.63) is 80.7 Å². The number of nitrogens with zero attached hydrogens (tertiary/aromatic N) is 3. The first-order chi connectivity index (χ1) is 14.6. The van der Waals surface area contributed by atoms with E-state index < -0.39 is 0 Å². The van der Waals surface area contributed by atoms with Crippen LogP contribution in [0.2, 0.25) is 0 Å². The number of pyridine rings is 2. The molecular weight excluding hydrogens is 400 g/mol. The van der Waals surface area contributed by atoms with Crippen LogP contribution < -0.4 is 10.9 Å². The summed E-state index contributed by atoms with van der Waals surface area (Å²) in [5.74, 6) is -0.0449. The molecule has 2 bridgehead atoms. The molecule has 30 heavy (non-hydrogen) atoms. The van der Waals surface area contributed by atoms with Crippen molar-refractivity contribution >= 4 is 28.8 Å². The van der Waals surface area contributed by atoms with Crippen LogP contribution in [0.15, 0.2) is 58.8 Å². The summed E-state index contributed by atoms with van der Waals surface area (Å²) in [5.41, 5.74) is 1.47. The topological polar surface area (TPSA) is 84.3 Å². The van der Waals surface area contributed by atoms with Gasteiger partial charge in [0.25, 0.3) is 17.4 Å². The number of piperidine rings is 1. The molecule has 0 aliphatic carbocycles. The van der Waals surface area contributed by atoms with E-state index >= 15 is 0 Å². The molecule has 1 saturated heterocycles. The second-order valence-corrected chi connectivity index (χ2v) is 8.69. The lowest BCUT2D eigenvalue weighted by molar-refractivity contribution is 0.0588. The van der Waals surface area contributed by atoms with Gasteiger partial charge in [-0.15, -0.1) is 11.3 Å². The Hall–Kier alpha value is -3.26. The number of amides is 2. The van der Waals surface area contributed by atoms with Gasteiger partial charge in [0.15, 0.2) is 0 Å². The molecule has 0 radical (unpaired) electrons. The van der Waals surface area contributed by atoms with Gasteiger partial charge in [-0.2, -0.15) is 0 Å². The lowest BCUT2D eigenvalue weighted by atomic mass is 9.83. The summed E-state index contributed by atoms with van der Waals surface area (Å²) in [5, 5.41) is 4.57. The molecule has 152 valence electrons. The largest absolute Gasteiger partial charge is 0.336 e. The molecule has 2 amide bonds. The number of likely N-dealkylation sites (tertiary alicyclic amines) is 1. The Morgan fingerprint density at radius 1 is 1.07 bits per heavy atom. The predicted octanol–water partition coefficient (Wildman–Crippen LogP) is 2.82. The summed E-state index contributed by atoms with van der Waals surface area (Å²) in [4.78, 5) is 44.8. The highest BCUT2D eigenvalue weighted by Crippen LogP contribution is 2.35. The van der Waals surface area contributed by atoms with Crippen LogP contribution in [0.25, 0.3) is 0 Å². The van der Waals surface area contributed by atoms with Crippen LogP contribution in [-0.2, 0) is 6.54 Å². The Balaban J connectivity index is 1.39. The van der Waals surface area contributed by atoms with Gasteiger partial charge in [-0.25, -0.2) is 0 Å². The third kappa shape index (κ3) is 3.33. The molecule has 1 fully saturated rings. The Labute approximate surface area is 177 Å². The average Bonchev–Trinajstić information content (AvgIpc) is 3.31. The summed E-state index contributed by atoms with van der Waals surface area (Å²) in [6.45, 7) is 1.70. The first kappa shape index (κ1) is 18.7. The fourth-order valence-electron chi connectivity index (χ4n) is 4.45. The first-order valence-electron chi connectivity index (χ1n) is 9.89. The van der Waals surface area contributed by atoms with Gasteiger partial charge in [-0.05, 0) is 48.1 Å². The molecule has 8 heteroatoms. The molecular formula is C22H20N4O3S. The molecule has 3 aromatic rings. The van der Waals surface area contributed by atoms with Crippen molar-refractivity contribution in [3.8, 4) is 0 Å². The zero-order valence-corrected chi connectivity index (χ0v) is 17.0. The number of anilines is 1. The molecule has 0 spiro atoms. The van der Waals surface area contributed by atoms with E-state index in [-0.39, 0.29) is 29.2 Å². The number of nitrogens with one attached hydrogen (secondary N) is 1. The standard InChI is InChI=1S/C22H20N4O3S/c27-20(19-5-3-9-30-19)24-17-6-7-18-15-10-14(12-26(18)22(17)29)11-25(13-15)21(28)16-4-1-2-8-23-16/h1-9,14-15H,10-13H2,(H,24,27)/t14-,15-/m1/s1. The number of fused-ring (bicyclic) bond motifs is 4. The zero-order valence-electron chi connectivity index (χ0n) is 16.2. The number of rotatable bonds is 3. The van der Waals surface area contributed by atoms with Gasteiger partial charge in [0.05, 0.1) is 4.88 Å². The molecule has 5 heterocycles. The highest BCUT2D eigenvalue weighted by Gasteiger charge is 2.37. The fourth-order valence-corrected chi connectivity index (χ4v) is 5.07. The summed E-state index contributed by atoms with van der Waals surface area (Å²) >= 11 is 1.34. The quantitative estimate of drug-likeness (QED) is 0.706. The third-order valence-corrected chi connectivity index (χ3v) is 6.64. The summed E-state index contributed by atoms with van der Waals surface area (Å²) < 4.78 is 1.77. The van der Waals surface area contributed by atoms with E-state index in [9.17, 15) is 14.4 Å². The van der Waals surface area contributed by atoms with E-state index in [1.54, 1.807) is 41.1 Å². The van der Waals surface area contributed by atoms with Gasteiger partial charge in [0.2, 0.25) is 0 Å². The molecule has 0 aromatic carbocycles. The number of carbonyl (C=O) groups is 2. The minimum Gasteiger partial charge on any atom is -0.336 e. The van der Waals surface area contributed by atoms with Gasteiger partial charge in [0.1, 0.15) is 11.4 Å². The third-order valence-electron chi connectivity index (χ3n) is 5.77. The minimum atomic E-state index is -0.272. The van der Waals surface area contributed by atoms with Crippen molar-refractivity contribution in [1.29, 1.82) is 0 Å². The van der Waals surface area contributed by atoms with Crippen molar-refractivity contribution in [1.82, 2.24) is 14.5 Å². The van der Waals surface area contributed by atoms with Gasteiger partial charge >= 0.3 is 0 Å². The highest BCUT2D eigenvalue weighted by molar-refractivity contribution is 7.12. The second kappa shape index (κ2) is 7.53. The van der Waals surface area contributed by atoms with Crippen molar-refractivity contribution < 1.29 is 9.59 Å². The Bertz CT molecular complexity index is 1160. The smallest absolute Gasteiger partial charge is 0.274 e. The van der Waals surface area contributed by atoms with E-state index in [2.05, 4.69) is 10.3 Å². The number of carbonyl (C=O) groups excluding carboxylic acids is 2. The van der Waals surface area contributed by atoms with Gasteiger partial charge in [-0.3, -0.25) is 19.4 Å². The number of thiophene rings is 1. The fraction of sp³-hybridized carbons (Fsp3) is 0.273. The Morgan fingerprint density at radius 3 is 2.73 bits per heavy atom. The van der Waals surface area contributed by atoms with Crippen LogP contribution in [0, 0.1) is 5.92 Å². The molecule has 7 nitrogen and oxygen atoms in total. The molecule has 2 aliphatic rings. The monoisotopic (exact) mass is 420 g/mol. The second-order valence-electron chi connectivity index (χ2n) is 7.74. The molecule has 5 rings (SSSR count). The van der Waals surface area contributed by atoms with Gasteiger partial charge in [-0.1, -0.05) is 12.1 Å². The lowest BCUT2D eigenvalue weighted by Gasteiger charge is -2.42. The maximum Gasteiger partial charge on any atom is 0.274 e. The molecule has 0 saturated carbocycles. The normalized spacial score (nSPS) is 19.8. The summed E-state index contributed by atoms with van der Waals surface area (Å²) in [7, 11) is 0. The SMILES string of the molecule is O=C(Nc1ccc2n(c1=O)C[C@@H]1C[C@@H]2CN(C(=O)c2ccccn2)C1)c1cccs1. The molecule has 0 unspecified atom stereocenters. The molecule has 2 atom stereocenters. The van der Waals surface area contributed by atoms with E-state index in [0.717, 1.165) is 12.1 Å². The lowest BCUT2D eigenvalue weighted by Crippen LogP contribution is -2.49. The minimum absolute atomic E-state index is 0.0686. The van der Waals surface area contributed by atoms with E-state index in [0.29, 0.717) is 35.9 Å². The van der Waals surface area contributed by atoms with Crippen LogP contribution >= 0.6 is 11.3 Å². The molecule has 3 aromatic heterocycles. The van der Waals surface area contributed by atoms with Crippen molar-refractivity contribution in [2.75, 3.05) is 18.4 Å². The van der Waals surface area contributed by atoms with Crippen LogP contribution in [-0.4, -0.2) is 39.4 Å². The van der Waals surface area contributed by atoms with Crippen LogP contribution in [0.5, 0.6) is 0 Å². The van der Waals surface area contributed by atoms with Crippen LogP contribution in [0.3, 0.4) is 0 Å². The number of aromatic nitrogens is 2. The van der Waals surface area contributed by atoms with E-state index in [1.807, 2.05) is 22.4 Å². The summed E-state index contributed by atoms with van der Waals surface area (Å²) in [6.07, 6.45) is 2.57. The molecule has 2 aliphatic heterocycles. The average molecular weight is 420 g/mol.